The number of nitrogens with two attached hydrogens (primary N) is 1. The molecule has 19 heavy (non-hydrogen) atoms. The zero-order valence-corrected chi connectivity index (χ0v) is 10.6. The Hall–Kier alpha value is -2.61. The van der Waals surface area contributed by atoms with Crippen LogP contribution in [0.5, 0.6) is 5.75 Å². The molecule has 2 N–H and O–H groups in total. The third-order valence-corrected chi connectivity index (χ3v) is 2.94. The number of rotatable bonds is 2. The van der Waals surface area contributed by atoms with Crippen molar-refractivity contribution >= 4 is 5.69 Å². The lowest BCUT2D eigenvalue weighted by molar-refractivity contribution is 0.412. The van der Waals surface area contributed by atoms with Crippen LogP contribution in [0.2, 0.25) is 0 Å². The fourth-order valence-corrected chi connectivity index (χ4v) is 2.03. The molecule has 0 aliphatic heterocycles. The van der Waals surface area contributed by atoms with Gasteiger partial charge in [-0.25, -0.2) is 4.39 Å². The Morgan fingerprint density at radius 2 is 2.21 bits per heavy atom. The Morgan fingerprint density at radius 3 is 2.74 bits per heavy atom. The number of pyridine rings is 1. The van der Waals surface area contributed by atoms with Gasteiger partial charge in [0.05, 0.1) is 12.7 Å². The fourth-order valence-electron chi connectivity index (χ4n) is 2.03. The van der Waals surface area contributed by atoms with Crippen LogP contribution in [0.3, 0.4) is 0 Å². The van der Waals surface area contributed by atoms with Crippen LogP contribution in [-0.4, -0.2) is 12.1 Å². The standard InChI is InChI=1S/C14H12FN3O/c1-8-10(6-16)14(19-2)13(17)12(15)11(8)9-4-3-5-18-7-9/h3-5,7H,17H2,1-2H3. The highest BCUT2D eigenvalue weighted by molar-refractivity contribution is 5.79. The summed E-state index contributed by atoms with van der Waals surface area (Å²) in [5.41, 5.74) is 7.12. The van der Waals surface area contributed by atoms with Gasteiger partial charge in [-0.05, 0) is 18.6 Å². The summed E-state index contributed by atoms with van der Waals surface area (Å²) in [6.07, 6.45) is 3.12. The minimum atomic E-state index is -0.596. The Morgan fingerprint density at radius 1 is 1.47 bits per heavy atom. The van der Waals surface area contributed by atoms with E-state index < -0.39 is 5.82 Å². The van der Waals surface area contributed by atoms with Gasteiger partial charge in [-0.2, -0.15) is 5.26 Å². The van der Waals surface area contributed by atoms with E-state index in [1.165, 1.54) is 13.3 Å². The number of aromatic nitrogens is 1. The number of nitrogen functional groups attached to an aromatic ring is 1. The van der Waals surface area contributed by atoms with Gasteiger partial charge in [0.1, 0.15) is 11.8 Å². The van der Waals surface area contributed by atoms with Crippen molar-refractivity contribution in [1.29, 1.82) is 5.26 Å². The number of anilines is 1. The van der Waals surface area contributed by atoms with E-state index in [1.807, 2.05) is 6.07 Å². The summed E-state index contributed by atoms with van der Waals surface area (Å²) in [4.78, 5) is 3.95. The molecule has 1 aromatic heterocycles. The van der Waals surface area contributed by atoms with Gasteiger partial charge >= 0.3 is 0 Å². The van der Waals surface area contributed by atoms with Gasteiger partial charge in [0, 0.05) is 23.5 Å². The van der Waals surface area contributed by atoms with Crippen LogP contribution in [0.15, 0.2) is 24.5 Å². The molecule has 0 radical (unpaired) electrons. The molecule has 5 heteroatoms. The third-order valence-electron chi connectivity index (χ3n) is 2.94. The maximum atomic E-state index is 14.4. The lowest BCUT2D eigenvalue weighted by Gasteiger charge is -2.15. The van der Waals surface area contributed by atoms with Crippen molar-refractivity contribution in [3.05, 3.63) is 41.5 Å². The number of hydrogen-bond donors (Lipinski definition) is 1. The number of methoxy groups -OCH3 is 1. The van der Waals surface area contributed by atoms with E-state index in [2.05, 4.69) is 4.98 Å². The predicted molar refractivity (Wildman–Crippen MR) is 70.0 cm³/mol. The summed E-state index contributed by atoms with van der Waals surface area (Å²) in [7, 11) is 1.36. The molecule has 4 nitrogen and oxygen atoms in total. The maximum absolute atomic E-state index is 14.4. The lowest BCUT2D eigenvalue weighted by atomic mass is 9.95. The molecule has 0 amide bonds. The summed E-state index contributed by atoms with van der Waals surface area (Å²) in [5, 5.41) is 9.19. The van der Waals surface area contributed by atoms with E-state index in [9.17, 15) is 9.65 Å². The van der Waals surface area contributed by atoms with Crippen molar-refractivity contribution in [2.45, 2.75) is 6.92 Å². The normalized spacial score (nSPS) is 10.0. The van der Waals surface area contributed by atoms with Crippen LogP contribution in [0.1, 0.15) is 11.1 Å². The molecule has 0 bridgehead atoms. The second-order valence-corrected chi connectivity index (χ2v) is 3.99. The van der Waals surface area contributed by atoms with Gasteiger partial charge in [0.2, 0.25) is 0 Å². The van der Waals surface area contributed by atoms with Crippen molar-refractivity contribution in [3.8, 4) is 22.9 Å². The van der Waals surface area contributed by atoms with E-state index in [0.717, 1.165) is 0 Å². The van der Waals surface area contributed by atoms with E-state index in [0.29, 0.717) is 11.1 Å². The highest BCUT2D eigenvalue weighted by Crippen LogP contribution is 2.39. The molecule has 0 aliphatic carbocycles. The predicted octanol–water partition coefficient (Wildman–Crippen LogP) is 2.66. The van der Waals surface area contributed by atoms with Crippen LogP contribution >= 0.6 is 0 Å². The molecule has 96 valence electrons. The molecule has 0 atom stereocenters. The van der Waals surface area contributed by atoms with Crippen LogP contribution < -0.4 is 10.5 Å². The molecule has 2 aromatic rings. The Labute approximate surface area is 110 Å². The van der Waals surface area contributed by atoms with Crippen molar-refractivity contribution in [2.24, 2.45) is 0 Å². The number of halogens is 1. The fraction of sp³-hybridized carbons (Fsp3) is 0.143. The Balaban J connectivity index is 2.84. The smallest absolute Gasteiger partial charge is 0.162 e. The van der Waals surface area contributed by atoms with Crippen molar-refractivity contribution in [2.75, 3.05) is 12.8 Å². The summed E-state index contributed by atoms with van der Waals surface area (Å²) < 4.78 is 19.4. The summed E-state index contributed by atoms with van der Waals surface area (Å²) >= 11 is 0. The largest absolute Gasteiger partial charge is 0.493 e. The van der Waals surface area contributed by atoms with Gasteiger partial charge in [-0.3, -0.25) is 4.98 Å². The lowest BCUT2D eigenvalue weighted by Crippen LogP contribution is -2.04. The first-order valence-electron chi connectivity index (χ1n) is 5.57. The molecular formula is C14H12FN3O. The molecular weight excluding hydrogens is 245 g/mol. The van der Waals surface area contributed by atoms with Gasteiger partial charge in [-0.1, -0.05) is 6.07 Å². The maximum Gasteiger partial charge on any atom is 0.162 e. The zero-order valence-electron chi connectivity index (χ0n) is 10.6. The SMILES string of the molecule is COc1c(N)c(F)c(-c2cccnc2)c(C)c1C#N. The molecule has 1 heterocycles. The topological polar surface area (TPSA) is 71.9 Å². The summed E-state index contributed by atoms with van der Waals surface area (Å²) in [6.45, 7) is 1.66. The van der Waals surface area contributed by atoms with Crippen LogP contribution in [0.25, 0.3) is 11.1 Å². The number of nitrogens with zero attached hydrogens (tertiary/aromatic N) is 2. The Bertz CT molecular complexity index is 663. The number of ether oxygens (including phenoxy) is 1. The van der Waals surface area contributed by atoms with E-state index >= 15 is 0 Å². The average molecular weight is 257 g/mol. The minimum absolute atomic E-state index is 0.0742. The summed E-state index contributed by atoms with van der Waals surface area (Å²) in [6, 6.07) is 5.41. The minimum Gasteiger partial charge on any atom is -0.493 e. The van der Waals surface area contributed by atoms with E-state index in [1.54, 1.807) is 25.3 Å². The van der Waals surface area contributed by atoms with E-state index in [4.69, 9.17) is 10.5 Å². The second kappa shape index (κ2) is 4.94. The van der Waals surface area contributed by atoms with Gasteiger partial charge in [-0.15, -0.1) is 0 Å². The number of benzene rings is 1. The van der Waals surface area contributed by atoms with Crippen LogP contribution in [-0.2, 0) is 0 Å². The third kappa shape index (κ3) is 1.97. The van der Waals surface area contributed by atoms with Gasteiger partial charge in [0.25, 0.3) is 0 Å². The van der Waals surface area contributed by atoms with Gasteiger partial charge in [0.15, 0.2) is 11.6 Å². The molecule has 0 saturated carbocycles. The van der Waals surface area contributed by atoms with Crippen LogP contribution in [0, 0.1) is 24.1 Å². The highest BCUT2D eigenvalue weighted by atomic mass is 19.1. The second-order valence-electron chi connectivity index (χ2n) is 3.99. The first kappa shape index (κ1) is 12.8. The molecule has 2 rings (SSSR count). The van der Waals surface area contributed by atoms with Crippen molar-refractivity contribution < 1.29 is 9.13 Å². The number of hydrogen-bond acceptors (Lipinski definition) is 4. The molecule has 0 spiro atoms. The molecule has 0 saturated heterocycles. The quantitative estimate of drug-likeness (QED) is 0.839. The van der Waals surface area contributed by atoms with Gasteiger partial charge < -0.3 is 10.5 Å². The van der Waals surface area contributed by atoms with E-state index in [-0.39, 0.29) is 22.6 Å². The first-order chi connectivity index (χ1) is 9.11. The van der Waals surface area contributed by atoms with Crippen molar-refractivity contribution in [1.82, 2.24) is 4.98 Å². The molecule has 0 unspecified atom stereocenters. The van der Waals surface area contributed by atoms with Crippen molar-refractivity contribution in [3.63, 3.8) is 0 Å². The zero-order chi connectivity index (χ0) is 14.0. The number of nitriles is 1. The summed E-state index contributed by atoms with van der Waals surface area (Å²) in [5.74, 6) is -0.522. The van der Waals surface area contributed by atoms with Crippen LogP contribution in [0.4, 0.5) is 10.1 Å². The molecule has 0 fully saturated rings. The molecule has 0 aliphatic rings. The Kier molecular flexibility index (Phi) is 3.34. The average Bonchev–Trinajstić information content (AvgIpc) is 2.44. The first-order valence-corrected chi connectivity index (χ1v) is 5.57. The molecule has 1 aromatic carbocycles. The highest BCUT2D eigenvalue weighted by Gasteiger charge is 2.22. The monoisotopic (exact) mass is 257 g/mol.